The van der Waals surface area contributed by atoms with E-state index >= 15 is 0 Å². The van der Waals surface area contributed by atoms with Crippen molar-refractivity contribution in [2.45, 2.75) is 44.4 Å². The van der Waals surface area contributed by atoms with Crippen molar-refractivity contribution < 1.29 is 13.2 Å². The molecule has 0 saturated heterocycles. The van der Waals surface area contributed by atoms with Gasteiger partial charge in [0.05, 0.1) is 0 Å². The van der Waals surface area contributed by atoms with Gasteiger partial charge >= 0.3 is 0 Å². The first-order valence-corrected chi connectivity index (χ1v) is 8.68. The predicted octanol–water partition coefficient (Wildman–Crippen LogP) is 1.98. The van der Waals surface area contributed by atoms with E-state index in [-0.39, 0.29) is 18.0 Å². The van der Waals surface area contributed by atoms with Crippen LogP contribution in [-0.4, -0.2) is 37.9 Å². The molecule has 1 rings (SSSR count). The molecule has 0 bridgehead atoms. The molecule has 0 aromatic carbocycles. The smallest absolute Gasteiger partial charge is 0.250 e. The molecule has 1 amide bonds. The fourth-order valence-corrected chi connectivity index (χ4v) is 4.23. The molecule has 0 fully saturated rings. The van der Waals surface area contributed by atoms with Gasteiger partial charge in [-0.1, -0.05) is 0 Å². The van der Waals surface area contributed by atoms with Gasteiger partial charge in [0, 0.05) is 30.4 Å². The number of carbonyl (C=O) groups is 1. The molecule has 1 heterocycles. The minimum Gasteiger partial charge on any atom is -0.337 e. The number of hydrogen-bond donors (Lipinski definition) is 1. The maximum atomic E-state index is 12.0. The molecule has 0 atom stereocenters. The molecule has 5 nitrogen and oxygen atoms in total. The van der Waals surface area contributed by atoms with E-state index < -0.39 is 10.0 Å². The zero-order chi connectivity index (χ0) is 15.6. The molecule has 0 aliphatic heterocycles. The topological polar surface area (TPSA) is 66.5 Å². The van der Waals surface area contributed by atoms with E-state index in [9.17, 15) is 13.2 Å². The van der Waals surface area contributed by atoms with Gasteiger partial charge in [0.1, 0.15) is 4.21 Å². The van der Waals surface area contributed by atoms with Crippen molar-refractivity contribution in [3.8, 4) is 0 Å². The standard InChI is InChI=1S/C13H22N2O3S2/c1-10-6-7-12(19-10)20(17,18)14-8-9-15(11(2)16)13(3,4)5/h6-7,14H,8-9H2,1-5H3. The van der Waals surface area contributed by atoms with Gasteiger partial charge in [-0.3, -0.25) is 4.79 Å². The van der Waals surface area contributed by atoms with E-state index in [2.05, 4.69) is 4.72 Å². The Morgan fingerprint density at radius 1 is 1.35 bits per heavy atom. The number of sulfonamides is 1. The summed E-state index contributed by atoms with van der Waals surface area (Å²) in [6.45, 7) is 9.67. The molecule has 0 spiro atoms. The highest BCUT2D eigenvalue weighted by molar-refractivity contribution is 7.91. The number of hydrogen-bond acceptors (Lipinski definition) is 4. The van der Waals surface area contributed by atoms with Crippen LogP contribution in [0.15, 0.2) is 16.3 Å². The van der Waals surface area contributed by atoms with Crippen LogP contribution in [0.3, 0.4) is 0 Å². The lowest BCUT2D eigenvalue weighted by Crippen LogP contribution is -2.48. The number of thiophene rings is 1. The van der Waals surface area contributed by atoms with E-state index in [0.717, 1.165) is 4.88 Å². The van der Waals surface area contributed by atoms with Gasteiger partial charge in [-0.25, -0.2) is 13.1 Å². The summed E-state index contributed by atoms with van der Waals surface area (Å²) >= 11 is 1.23. The Kier molecular flexibility index (Phi) is 5.34. The molecule has 0 radical (unpaired) electrons. The Morgan fingerprint density at radius 3 is 2.35 bits per heavy atom. The first kappa shape index (κ1) is 17.1. The normalized spacial score (nSPS) is 12.4. The minimum atomic E-state index is -3.48. The zero-order valence-electron chi connectivity index (χ0n) is 12.6. The molecule has 7 heteroatoms. The highest BCUT2D eigenvalue weighted by Gasteiger charge is 2.24. The zero-order valence-corrected chi connectivity index (χ0v) is 14.2. The second-order valence-corrected chi connectivity index (χ2v) is 8.89. The lowest BCUT2D eigenvalue weighted by Gasteiger charge is -2.34. The van der Waals surface area contributed by atoms with E-state index in [4.69, 9.17) is 0 Å². The average Bonchev–Trinajstić information content (AvgIpc) is 2.69. The van der Waals surface area contributed by atoms with Crippen LogP contribution in [0.25, 0.3) is 0 Å². The SMILES string of the molecule is CC(=O)N(CCNS(=O)(=O)c1ccc(C)s1)C(C)(C)C. The van der Waals surface area contributed by atoms with Crippen LogP contribution in [-0.2, 0) is 14.8 Å². The summed E-state index contributed by atoms with van der Waals surface area (Å²) in [4.78, 5) is 14.2. The molecule has 0 aliphatic carbocycles. The van der Waals surface area contributed by atoms with Gasteiger partial charge in [-0.05, 0) is 39.8 Å². The van der Waals surface area contributed by atoms with Crippen molar-refractivity contribution in [1.29, 1.82) is 0 Å². The largest absolute Gasteiger partial charge is 0.337 e. The monoisotopic (exact) mass is 318 g/mol. The van der Waals surface area contributed by atoms with E-state index in [1.807, 2.05) is 27.7 Å². The maximum absolute atomic E-state index is 12.0. The fraction of sp³-hybridized carbons (Fsp3) is 0.615. The lowest BCUT2D eigenvalue weighted by atomic mass is 10.1. The van der Waals surface area contributed by atoms with Gasteiger partial charge in [0.15, 0.2) is 0 Å². The van der Waals surface area contributed by atoms with E-state index in [0.29, 0.717) is 10.8 Å². The highest BCUT2D eigenvalue weighted by atomic mass is 32.2. The quantitative estimate of drug-likeness (QED) is 0.903. The first-order chi connectivity index (χ1) is 9.04. The van der Waals surface area contributed by atoms with Crippen molar-refractivity contribution in [2.75, 3.05) is 13.1 Å². The maximum Gasteiger partial charge on any atom is 0.250 e. The molecular weight excluding hydrogens is 296 g/mol. The Labute approximate surface area is 125 Å². The van der Waals surface area contributed by atoms with Crippen molar-refractivity contribution in [1.82, 2.24) is 9.62 Å². The summed E-state index contributed by atoms with van der Waals surface area (Å²) in [5.41, 5.74) is -0.323. The molecule has 0 unspecified atom stereocenters. The molecule has 0 saturated carbocycles. The van der Waals surface area contributed by atoms with Crippen LogP contribution < -0.4 is 4.72 Å². The molecule has 1 N–H and O–H groups in total. The molecule has 0 aliphatic rings. The van der Waals surface area contributed by atoms with Crippen LogP contribution >= 0.6 is 11.3 Å². The molecular formula is C13H22N2O3S2. The van der Waals surface area contributed by atoms with Gasteiger partial charge < -0.3 is 4.90 Å². The summed E-state index contributed by atoms with van der Waals surface area (Å²) in [7, 11) is -3.48. The summed E-state index contributed by atoms with van der Waals surface area (Å²) in [5.74, 6) is -0.0660. The number of rotatable bonds is 5. The van der Waals surface area contributed by atoms with Gasteiger partial charge in [0.2, 0.25) is 15.9 Å². The molecule has 1 aromatic rings. The third kappa shape index (κ3) is 4.57. The predicted molar refractivity (Wildman–Crippen MR) is 81.4 cm³/mol. The Morgan fingerprint density at radius 2 is 1.95 bits per heavy atom. The number of aryl methyl sites for hydroxylation is 1. The van der Waals surface area contributed by atoms with Gasteiger partial charge in [-0.15, -0.1) is 11.3 Å². The molecule has 1 aromatic heterocycles. The molecule has 20 heavy (non-hydrogen) atoms. The van der Waals surface area contributed by atoms with Crippen LogP contribution in [0.5, 0.6) is 0 Å². The summed E-state index contributed by atoms with van der Waals surface area (Å²) in [5, 5.41) is 0. The van der Waals surface area contributed by atoms with Crippen LogP contribution in [0.2, 0.25) is 0 Å². The third-order valence-corrected chi connectivity index (χ3v) is 5.75. The number of amides is 1. The number of carbonyl (C=O) groups excluding carboxylic acids is 1. The van der Waals surface area contributed by atoms with Gasteiger partial charge in [-0.2, -0.15) is 0 Å². The summed E-state index contributed by atoms with van der Waals surface area (Å²) in [6.07, 6.45) is 0. The number of nitrogens with one attached hydrogen (secondary N) is 1. The van der Waals surface area contributed by atoms with Crippen LogP contribution in [0.4, 0.5) is 0 Å². The number of nitrogens with zero attached hydrogens (tertiary/aromatic N) is 1. The lowest BCUT2D eigenvalue weighted by molar-refractivity contribution is -0.133. The van der Waals surface area contributed by atoms with Crippen LogP contribution in [0.1, 0.15) is 32.6 Å². The first-order valence-electron chi connectivity index (χ1n) is 6.38. The second kappa shape index (κ2) is 6.24. The minimum absolute atomic E-state index is 0.0660. The summed E-state index contributed by atoms with van der Waals surface area (Å²) < 4.78 is 26.9. The van der Waals surface area contributed by atoms with Crippen molar-refractivity contribution in [2.24, 2.45) is 0 Å². The molecule has 114 valence electrons. The Balaban J connectivity index is 2.66. The average molecular weight is 318 g/mol. The van der Waals surface area contributed by atoms with Crippen molar-refractivity contribution >= 4 is 27.3 Å². The highest BCUT2D eigenvalue weighted by Crippen LogP contribution is 2.20. The van der Waals surface area contributed by atoms with E-state index in [1.165, 1.54) is 18.3 Å². The Hall–Kier alpha value is -0.920. The fourth-order valence-electron chi connectivity index (χ4n) is 1.88. The van der Waals surface area contributed by atoms with Gasteiger partial charge in [0.25, 0.3) is 0 Å². The second-order valence-electron chi connectivity index (χ2n) is 5.60. The summed E-state index contributed by atoms with van der Waals surface area (Å²) in [6, 6.07) is 3.37. The van der Waals surface area contributed by atoms with Crippen molar-refractivity contribution in [3.05, 3.63) is 17.0 Å². The van der Waals surface area contributed by atoms with Crippen LogP contribution in [0, 0.1) is 6.92 Å². The Bertz CT molecular complexity index is 571. The van der Waals surface area contributed by atoms with Crippen molar-refractivity contribution in [3.63, 3.8) is 0 Å². The third-order valence-electron chi connectivity index (χ3n) is 2.80. The van der Waals surface area contributed by atoms with E-state index in [1.54, 1.807) is 17.0 Å².